The van der Waals surface area contributed by atoms with Crippen molar-refractivity contribution in [2.24, 2.45) is 5.84 Å². The van der Waals surface area contributed by atoms with Gasteiger partial charge in [0.05, 0.1) is 36.5 Å². The Kier molecular flexibility index (Phi) is 6.83. The maximum atomic E-state index is 12.7. The van der Waals surface area contributed by atoms with Crippen molar-refractivity contribution in [2.45, 2.75) is 19.6 Å². The lowest BCUT2D eigenvalue weighted by Gasteiger charge is -2.18. The topological polar surface area (TPSA) is 162 Å². The Morgan fingerprint density at radius 1 is 1.39 bits per heavy atom. The maximum absolute atomic E-state index is 12.7. The highest BCUT2D eigenvalue weighted by Crippen LogP contribution is 2.29. The van der Waals surface area contributed by atoms with Crippen molar-refractivity contribution in [3.63, 3.8) is 0 Å². The average molecular weight is 492 g/mol. The Bertz CT molecular complexity index is 1100. The monoisotopic (exact) mass is 491 g/mol. The SMILES string of the molecule is CNc1nc(Br)cn2c(C(=O)NC(C)COCc3cc(N)c(N)c(N(C)N)c3)cnc12. The number of amides is 1. The summed E-state index contributed by atoms with van der Waals surface area (Å²) < 4.78 is 8.01. The van der Waals surface area contributed by atoms with Crippen LogP contribution in [-0.4, -0.2) is 47.0 Å². The lowest BCUT2D eigenvalue weighted by atomic mass is 10.1. The zero-order valence-electron chi connectivity index (χ0n) is 17.5. The van der Waals surface area contributed by atoms with Gasteiger partial charge in [-0.3, -0.25) is 9.20 Å². The number of nitrogens with two attached hydrogens (primary N) is 3. The minimum absolute atomic E-state index is 0.241. The van der Waals surface area contributed by atoms with Crippen LogP contribution in [0.4, 0.5) is 22.9 Å². The van der Waals surface area contributed by atoms with Crippen molar-refractivity contribution in [1.29, 1.82) is 0 Å². The van der Waals surface area contributed by atoms with Crippen LogP contribution in [0.3, 0.4) is 0 Å². The Morgan fingerprint density at radius 2 is 2.13 bits per heavy atom. The second kappa shape index (κ2) is 9.37. The lowest BCUT2D eigenvalue weighted by molar-refractivity contribution is 0.0816. The molecule has 0 radical (unpaired) electrons. The van der Waals surface area contributed by atoms with Crippen molar-refractivity contribution in [1.82, 2.24) is 19.7 Å². The van der Waals surface area contributed by atoms with Gasteiger partial charge in [-0.1, -0.05) is 0 Å². The molecule has 0 bridgehead atoms. The van der Waals surface area contributed by atoms with Crippen LogP contribution < -0.4 is 33.0 Å². The van der Waals surface area contributed by atoms with Crippen LogP contribution >= 0.6 is 15.9 Å². The van der Waals surface area contributed by atoms with Crippen LogP contribution in [0.5, 0.6) is 0 Å². The molecule has 0 saturated heterocycles. The van der Waals surface area contributed by atoms with Gasteiger partial charge in [0.1, 0.15) is 10.3 Å². The highest BCUT2D eigenvalue weighted by atomic mass is 79.9. The number of hydrazine groups is 1. The average Bonchev–Trinajstić information content (AvgIpc) is 3.13. The van der Waals surface area contributed by atoms with E-state index in [1.165, 1.54) is 11.2 Å². The van der Waals surface area contributed by atoms with E-state index in [0.717, 1.165) is 5.56 Å². The Balaban J connectivity index is 1.62. The molecule has 0 fully saturated rings. The zero-order chi connectivity index (χ0) is 22.7. The molecule has 3 rings (SSSR count). The van der Waals surface area contributed by atoms with E-state index >= 15 is 0 Å². The first-order valence-corrected chi connectivity index (χ1v) is 10.3. The van der Waals surface area contributed by atoms with Gasteiger partial charge in [-0.15, -0.1) is 0 Å². The van der Waals surface area contributed by atoms with Crippen LogP contribution in [0.1, 0.15) is 23.0 Å². The number of aromatic nitrogens is 3. The first-order valence-electron chi connectivity index (χ1n) is 9.47. The maximum Gasteiger partial charge on any atom is 0.270 e. The molecule has 2 aromatic heterocycles. The van der Waals surface area contributed by atoms with Crippen molar-refractivity contribution < 1.29 is 9.53 Å². The third kappa shape index (κ3) is 4.98. The van der Waals surface area contributed by atoms with Gasteiger partial charge >= 0.3 is 0 Å². The number of hydrogen-bond acceptors (Lipinski definition) is 9. The van der Waals surface area contributed by atoms with Crippen LogP contribution in [-0.2, 0) is 11.3 Å². The van der Waals surface area contributed by atoms with Gasteiger partial charge in [-0.2, -0.15) is 0 Å². The molecule has 166 valence electrons. The van der Waals surface area contributed by atoms with E-state index < -0.39 is 0 Å². The predicted octanol–water partition coefficient (Wildman–Crippen LogP) is 1.34. The Morgan fingerprint density at radius 3 is 2.81 bits per heavy atom. The molecule has 0 spiro atoms. The lowest BCUT2D eigenvalue weighted by Crippen LogP contribution is -2.36. The van der Waals surface area contributed by atoms with E-state index in [2.05, 4.69) is 36.5 Å². The first kappa shape index (κ1) is 22.6. The standard InChI is InChI=1S/C19H26BrN9O2/c1-10(8-31-9-11-4-12(21)16(22)13(5-11)28(3)23)26-19(30)14-6-25-18-17(24-2)27-15(20)7-29(14)18/h4-7,10H,8-9,21-23H2,1-3H3,(H,24,27)(H,26,30). The minimum atomic E-state index is -0.271. The zero-order valence-corrected chi connectivity index (χ0v) is 19.1. The second-order valence-electron chi connectivity index (χ2n) is 7.12. The molecule has 31 heavy (non-hydrogen) atoms. The van der Waals surface area contributed by atoms with Gasteiger partial charge < -0.3 is 31.8 Å². The second-order valence-corrected chi connectivity index (χ2v) is 7.93. The van der Waals surface area contributed by atoms with Gasteiger partial charge in [-0.25, -0.2) is 15.8 Å². The van der Waals surface area contributed by atoms with Crippen LogP contribution in [0.2, 0.25) is 0 Å². The van der Waals surface area contributed by atoms with E-state index in [1.54, 1.807) is 30.8 Å². The molecular weight excluding hydrogens is 466 g/mol. The first-order chi connectivity index (χ1) is 14.7. The number of carbonyl (C=O) groups is 1. The molecule has 12 heteroatoms. The summed E-state index contributed by atoms with van der Waals surface area (Å²) in [7, 11) is 3.42. The predicted molar refractivity (Wildman–Crippen MR) is 125 cm³/mol. The van der Waals surface area contributed by atoms with Gasteiger partial charge in [-0.05, 0) is 40.5 Å². The third-order valence-electron chi connectivity index (χ3n) is 4.58. The van der Waals surface area contributed by atoms with Gasteiger partial charge in [0, 0.05) is 26.3 Å². The molecule has 2 heterocycles. The summed E-state index contributed by atoms with van der Waals surface area (Å²) in [6.45, 7) is 2.45. The number of nitrogens with zero attached hydrogens (tertiary/aromatic N) is 4. The number of nitrogens with one attached hydrogen (secondary N) is 2. The number of halogens is 1. The fourth-order valence-electron chi connectivity index (χ4n) is 3.08. The van der Waals surface area contributed by atoms with Gasteiger partial charge in [0.2, 0.25) is 0 Å². The van der Waals surface area contributed by atoms with Crippen molar-refractivity contribution in [3.8, 4) is 0 Å². The van der Waals surface area contributed by atoms with Crippen LogP contribution in [0.15, 0.2) is 29.1 Å². The largest absolute Gasteiger partial charge is 0.397 e. The van der Waals surface area contributed by atoms with Crippen molar-refractivity contribution in [3.05, 3.63) is 40.4 Å². The van der Waals surface area contributed by atoms with Crippen LogP contribution in [0.25, 0.3) is 5.65 Å². The molecule has 11 nitrogen and oxygen atoms in total. The van der Waals surface area contributed by atoms with E-state index in [1.807, 2.05) is 13.0 Å². The molecule has 8 N–H and O–H groups in total. The molecule has 0 aliphatic heterocycles. The number of carbonyl (C=O) groups excluding carboxylic acids is 1. The summed E-state index contributed by atoms with van der Waals surface area (Å²) in [4.78, 5) is 21.3. The van der Waals surface area contributed by atoms with Gasteiger partial charge in [0.25, 0.3) is 5.91 Å². The van der Waals surface area contributed by atoms with E-state index in [9.17, 15) is 4.79 Å². The number of nitrogen functional groups attached to an aromatic ring is 2. The summed E-state index contributed by atoms with van der Waals surface area (Å²) >= 11 is 3.34. The summed E-state index contributed by atoms with van der Waals surface area (Å²) in [5.74, 6) is 6.08. The molecule has 0 aliphatic carbocycles. The third-order valence-corrected chi connectivity index (χ3v) is 4.96. The fourth-order valence-corrected chi connectivity index (χ4v) is 3.47. The highest BCUT2D eigenvalue weighted by Gasteiger charge is 2.17. The Labute approximate surface area is 188 Å². The molecule has 1 atom stereocenters. The smallest absolute Gasteiger partial charge is 0.270 e. The number of ether oxygens (including phenoxy) is 1. The van der Waals surface area contributed by atoms with E-state index in [4.69, 9.17) is 22.0 Å². The van der Waals surface area contributed by atoms with E-state index in [0.29, 0.717) is 52.0 Å². The quantitative estimate of drug-likeness (QED) is 0.177. The number of imidazole rings is 1. The van der Waals surface area contributed by atoms with Crippen molar-refractivity contribution >= 4 is 50.4 Å². The van der Waals surface area contributed by atoms with Crippen molar-refractivity contribution in [2.75, 3.05) is 42.5 Å². The summed E-state index contributed by atoms with van der Waals surface area (Å²) in [6, 6.07) is 3.32. The van der Waals surface area contributed by atoms with E-state index in [-0.39, 0.29) is 11.9 Å². The summed E-state index contributed by atoms with van der Waals surface area (Å²) in [6.07, 6.45) is 3.20. The summed E-state index contributed by atoms with van der Waals surface area (Å²) in [5, 5.41) is 7.28. The molecule has 0 saturated carbocycles. The normalized spacial score (nSPS) is 12.0. The van der Waals surface area contributed by atoms with Crippen LogP contribution in [0, 0.1) is 0 Å². The molecule has 3 aromatic rings. The molecule has 1 aromatic carbocycles. The number of benzene rings is 1. The molecule has 1 unspecified atom stereocenters. The fraction of sp³-hybridized carbons (Fsp3) is 0.316. The molecular formula is C19H26BrN9O2. The number of rotatable bonds is 8. The highest BCUT2D eigenvalue weighted by molar-refractivity contribution is 9.10. The number of hydrogen-bond donors (Lipinski definition) is 5. The Hall–Kier alpha value is -3.09. The minimum Gasteiger partial charge on any atom is -0.397 e. The molecule has 1 amide bonds. The number of anilines is 4. The van der Waals surface area contributed by atoms with Gasteiger partial charge in [0.15, 0.2) is 11.5 Å². The summed E-state index contributed by atoms with van der Waals surface area (Å²) in [5.41, 5.74) is 15.1. The molecule has 0 aliphatic rings. The number of fused-ring (bicyclic) bond motifs is 1.